The molecule has 14 nitrogen and oxygen atoms in total. The van der Waals surface area contributed by atoms with E-state index < -0.39 is 42.2 Å². The molecule has 1 atom stereocenters. The lowest BCUT2D eigenvalue weighted by Gasteiger charge is -2.20. The Balaban J connectivity index is 0.000000314. The van der Waals surface area contributed by atoms with Gasteiger partial charge in [0.15, 0.2) is 11.5 Å². The molecule has 1 amide bonds. The number of nitrogens with zero attached hydrogens (tertiary/aromatic N) is 7. The van der Waals surface area contributed by atoms with Gasteiger partial charge < -0.3 is 14.9 Å². The Morgan fingerprint density at radius 1 is 0.979 bits per heavy atom. The maximum absolute atomic E-state index is 14.8. The number of anilines is 1. The van der Waals surface area contributed by atoms with Crippen molar-refractivity contribution in [2.75, 3.05) is 11.5 Å². The minimum absolute atomic E-state index is 0.169. The van der Waals surface area contributed by atoms with Crippen molar-refractivity contribution in [3.05, 3.63) is 78.4 Å². The Morgan fingerprint density at radius 2 is 1.65 bits per heavy atom. The number of aryl methyl sites for hydroxylation is 1. The molecule has 0 spiro atoms. The van der Waals surface area contributed by atoms with Gasteiger partial charge in [-0.15, -0.1) is 0 Å². The number of aromatic amines is 1. The minimum Gasteiger partial charge on any atom is -0.475 e. The molecule has 5 aromatic rings. The van der Waals surface area contributed by atoms with Crippen molar-refractivity contribution in [1.29, 1.82) is 0 Å². The maximum atomic E-state index is 14.8. The number of hydrogen-bond acceptors (Lipinski definition) is 9. The fourth-order valence-electron chi connectivity index (χ4n) is 4.05. The first-order valence-corrected chi connectivity index (χ1v) is 13.0. The van der Waals surface area contributed by atoms with Crippen molar-refractivity contribution in [1.82, 2.24) is 34.8 Å². The number of carboxylic acids is 2. The molecule has 6 rings (SSSR count). The molecule has 4 aromatic heterocycles. The fraction of sp³-hybridized carbons (Fsp3) is 0.185. The van der Waals surface area contributed by atoms with Gasteiger partial charge in [-0.05, 0) is 42.8 Å². The van der Waals surface area contributed by atoms with E-state index in [2.05, 4.69) is 25.3 Å². The molecule has 21 heteroatoms. The molecule has 1 saturated heterocycles. The van der Waals surface area contributed by atoms with Crippen LogP contribution in [-0.2, 0) is 14.3 Å². The first kappa shape index (κ1) is 34.7. The zero-order chi connectivity index (χ0) is 35.4. The summed E-state index contributed by atoms with van der Waals surface area (Å²) in [5.41, 5.74) is 3.53. The number of H-pyrrole nitrogens is 1. The molecule has 252 valence electrons. The number of cyclic esters (lactones) is 1. The third-order valence-corrected chi connectivity index (χ3v) is 6.16. The van der Waals surface area contributed by atoms with Gasteiger partial charge in [-0.2, -0.15) is 36.5 Å². The summed E-state index contributed by atoms with van der Waals surface area (Å²) in [4.78, 5) is 45.1. The average Bonchev–Trinajstić information content (AvgIpc) is 3.77. The number of carboxylic acid groups (broad SMARTS) is 2. The lowest BCUT2D eigenvalue weighted by molar-refractivity contribution is -0.193. The Hall–Kier alpha value is -6.15. The Kier molecular flexibility index (Phi) is 9.90. The quantitative estimate of drug-likeness (QED) is 0.216. The molecule has 1 aromatic carbocycles. The van der Waals surface area contributed by atoms with Gasteiger partial charge in [0.05, 0.1) is 17.5 Å². The van der Waals surface area contributed by atoms with Crippen LogP contribution in [0.15, 0.2) is 61.2 Å². The summed E-state index contributed by atoms with van der Waals surface area (Å²) in [6.07, 6.45) is -6.04. The van der Waals surface area contributed by atoms with Gasteiger partial charge in [0.2, 0.25) is 0 Å². The molecule has 0 radical (unpaired) electrons. The normalized spacial score (nSPS) is 14.5. The average molecular weight is 684 g/mol. The number of carbonyl (C=O) groups excluding carboxylic acids is 1. The van der Waals surface area contributed by atoms with E-state index in [-0.39, 0.29) is 6.61 Å². The van der Waals surface area contributed by atoms with Crippen LogP contribution in [-0.4, -0.2) is 82.0 Å². The molecule has 5 heterocycles. The van der Waals surface area contributed by atoms with Crippen molar-refractivity contribution in [3.8, 4) is 22.5 Å². The second-order valence-electron chi connectivity index (χ2n) is 9.41. The standard InChI is InChI=1S/C23H17FN8O2.2C2HF3O2/c1-13-3-2-4-18(28-13)19-11-34-23(33)32(19)20-7-8-31-22(29-20)16(10-27-31)14-5-6-15(17(24)9-14)21-25-12-26-30-21;2*3-2(4,5)1(6)7/h2-10,12,19H,11H2,1H3,(H,25,26,30);2*(H,6,7)/t19-;;/m1../s1. The van der Waals surface area contributed by atoms with Crippen LogP contribution >= 0.6 is 0 Å². The van der Waals surface area contributed by atoms with E-state index in [0.717, 1.165) is 5.69 Å². The third-order valence-electron chi connectivity index (χ3n) is 6.16. The second-order valence-corrected chi connectivity index (χ2v) is 9.41. The summed E-state index contributed by atoms with van der Waals surface area (Å²) in [7, 11) is 0. The zero-order valence-electron chi connectivity index (χ0n) is 23.9. The van der Waals surface area contributed by atoms with Crippen molar-refractivity contribution >= 4 is 29.5 Å². The van der Waals surface area contributed by atoms with Crippen molar-refractivity contribution < 1.29 is 60.1 Å². The third kappa shape index (κ3) is 7.97. The summed E-state index contributed by atoms with van der Waals surface area (Å²) >= 11 is 0. The first-order valence-electron chi connectivity index (χ1n) is 13.0. The molecule has 1 aliphatic heterocycles. The van der Waals surface area contributed by atoms with Crippen molar-refractivity contribution in [2.24, 2.45) is 0 Å². The number of rotatable bonds is 4. The smallest absolute Gasteiger partial charge is 0.475 e. The monoisotopic (exact) mass is 684 g/mol. The number of fused-ring (bicyclic) bond motifs is 1. The van der Waals surface area contributed by atoms with E-state index in [1.54, 1.807) is 35.1 Å². The van der Waals surface area contributed by atoms with E-state index in [1.165, 1.54) is 17.3 Å². The minimum atomic E-state index is -5.08. The molecular formula is C27H19F7N8O6. The molecule has 3 N–H and O–H groups in total. The van der Waals surface area contributed by atoms with Gasteiger partial charge in [-0.25, -0.2) is 38.2 Å². The van der Waals surface area contributed by atoms with E-state index >= 15 is 0 Å². The largest absolute Gasteiger partial charge is 0.490 e. The van der Waals surface area contributed by atoms with Crippen LogP contribution in [0, 0.1) is 12.7 Å². The summed E-state index contributed by atoms with van der Waals surface area (Å²) in [5, 5.41) is 25.0. The van der Waals surface area contributed by atoms with Gasteiger partial charge in [0.1, 0.15) is 30.6 Å². The predicted octanol–water partition coefficient (Wildman–Crippen LogP) is 4.99. The number of nitrogens with one attached hydrogen (secondary N) is 1. The van der Waals surface area contributed by atoms with Crippen LogP contribution in [0.25, 0.3) is 28.2 Å². The molecule has 0 saturated carbocycles. The summed E-state index contributed by atoms with van der Waals surface area (Å²) in [6.45, 7) is 2.06. The van der Waals surface area contributed by atoms with Crippen LogP contribution in [0.2, 0.25) is 0 Å². The molecular weight excluding hydrogens is 665 g/mol. The maximum Gasteiger partial charge on any atom is 0.490 e. The topological polar surface area (TPSA) is 189 Å². The molecule has 0 bridgehead atoms. The van der Waals surface area contributed by atoms with Gasteiger partial charge in [-0.3, -0.25) is 10.1 Å². The van der Waals surface area contributed by atoms with Crippen LogP contribution < -0.4 is 4.90 Å². The van der Waals surface area contributed by atoms with E-state index in [4.69, 9.17) is 29.5 Å². The Labute approximate surface area is 262 Å². The molecule has 48 heavy (non-hydrogen) atoms. The lowest BCUT2D eigenvalue weighted by Crippen LogP contribution is -2.29. The first-order chi connectivity index (χ1) is 22.5. The fourth-order valence-corrected chi connectivity index (χ4v) is 4.05. The van der Waals surface area contributed by atoms with Crippen LogP contribution in [0.4, 0.5) is 41.3 Å². The lowest BCUT2D eigenvalue weighted by atomic mass is 10.1. The highest BCUT2D eigenvalue weighted by Gasteiger charge is 2.39. The number of aromatic nitrogens is 7. The van der Waals surface area contributed by atoms with Crippen molar-refractivity contribution in [3.63, 3.8) is 0 Å². The zero-order valence-corrected chi connectivity index (χ0v) is 23.9. The number of pyridine rings is 1. The summed E-state index contributed by atoms with van der Waals surface area (Å²) in [5.74, 6) is -5.24. The van der Waals surface area contributed by atoms with Crippen molar-refractivity contribution in [2.45, 2.75) is 25.3 Å². The van der Waals surface area contributed by atoms with Gasteiger partial charge >= 0.3 is 30.4 Å². The van der Waals surface area contributed by atoms with Crippen LogP contribution in [0.1, 0.15) is 17.4 Å². The molecule has 0 aliphatic carbocycles. The van der Waals surface area contributed by atoms with Gasteiger partial charge in [-0.1, -0.05) is 12.1 Å². The highest BCUT2D eigenvalue weighted by molar-refractivity contribution is 5.90. The second kappa shape index (κ2) is 13.7. The highest BCUT2D eigenvalue weighted by atomic mass is 19.4. The van der Waals surface area contributed by atoms with Gasteiger partial charge in [0.25, 0.3) is 0 Å². The van der Waals surface area contributed by atoms with E-state index in [9.17, 15) is 35.5 Å². The number of carbonyl (C=O) groups is 3. The Bertz CT molecular complexity index is 1920. The Morgan fingerprint density at radius 3 is 2.21 bits per heavy atom. The molecule has 0 unspecified atom stereocenters. The number of halogens is 7. The summed E-state index contributed by atoms with van der Waals surface area (Å²) < 4.78 is 85.2. The number of ether oxygens (including phenoxy) is 1. The highest BCUT2D eigenvalue weighted by Crippen LogP contribution is 2.33. The van der Waals surface area contributed by atoms with E-state index in [1.807, 2.05) is 25.1 Å². The number of amides is 1. The SMILES string of the molecule is Cc1cccc([C@H]2COC(=O)N2c2ccn3ncc(-c4ccc(-c5ncn[nH]5)c(F)c4)c3n2)n1.O=C(O)C(F)(F)F.O=C(O)C(F)(F)F. The summed E-state index contributed by atoms with van der Waals surface area (Å²) in [6, 6.07) is 11.7. The molecule has 1 aliphatic rings. The predicted molar refractivity (Wildman–Crippen MR) is 147 cm³/mol. The van der Waals surface area contributed by atoms with Gasteiger partial charge in [0, 0.05) is 17.5 Å². The number of benzene rings is 1. The number of aliphatic carboxylic acids is 2. The van der Waals surface area contributed by atoms with Crippen LogP contribution in [0.5, 0.6) is 0 Å². The molecule has 1 fully saturated rings. The van der Waals surface area contributed by atoms with Crippen LogP contribution in [0.3, 0.4) is 0 Å². The number of alkyl halides is 6. The van der Waals surface area contributed by atoms with E-state index in [0.29, 0.717) is 39.7 Å². The number of hydrogen-bond donors (Lipinski definition) is 3.